The fourth-order valence-corrected chi connectivity index (χ4v) is 4.49. The number of fused-ring (bicyclic) bond motifs is 1. The SMILES string of the molecule is C[C@@H]1CN(C)CC[C@@H]1N(C)C(=O)NCC1(C)Cc2ccccc2C1. The van der Waals surface area contributed by atoms with Crippen LogP contribution in [-0.2, 0) is 12.8 Å². The van der Waals surface area contributed by atoms with Gasteiger partial charge in [-0.2, -0.15) is 0 Å². The fourth-order valence-electron chi connectivity index (χ4n) is 4.49. The molecule has 3 rings (SSSR count). The molecular formula is C20H31N3O. The summed E-state index contributed by atoms with van der Waals surface area (Å²) in [6.07, 6.45) is 3.17. The predicted octanol–water partition coefficient (Wildman–Crippen LogP) is 2.77. The number of amides is 2. The third-order valence-corrected chi connectivity index (χ3v) is 5.90. The highest BCUT2D eigenvalue weighted by molar-refractivity contribution is 5.74. The number of hydrogen-bond donors (Lipinski definition) is 1. The van der Waals surface area contributed by atoms with Gasteiger partial charge in [0.1, 0.15) is 0 Å². The molecule has 1 N–H and O–H groups in total. The van der Waals surface area contributed by atoms with E-state index in [4.69, 9.17) is 0 Å². The zero-order chi connectivity index (χ0) is 17.3. The van der Waals surface area contributed by atoms with Crippen LogP contribution in [0.5, 0.6) is 0 Å². The van der Waals surface area contributed by atoms with Gasteiger partial charge >= 0.3 is 6.03 Å². The molecule has 4 nitrogen and oxygen atoms in total. The Morgan fingerprint density at radius 1 is 1.33 bits per heavy atom. The predicted molar refractivity (Wildman–Crippen MR) is 98.2 cm³/mol. The molecular weight excluding hydrogens is 298 g/mol. The van der Waals surface area contributed by atoms with Crippen molar-refractivity contribution >= 4 is 6.03 Å². The number of nitrogens with zero attached hydrogens (tertiary/aromatic N) is 2. The van der Waals surface area contributed by atoms with Crippen molar-refractivity contribution in [3.05, 3.63) is 35.4 Å². The van der Waals surface area contributed by atoms with Crippen molar-refractivity contribution in [3.8, 4) is 0 Å². The van der Waals surface area contributed by atoms with Crippen LogP contribution in [0.15, 0.2) is 24.3 Å². The Morgan fingerprint density at radius 3 is 2.54 bits per heavy atom. The second-order valence-corrected chi connectivity index (χ2v) is 8.30. The van der Waals surface area contributed by atoms with Gasteiger partial charge in [-0.15, -0.1) is 0 Å². The summed E-state index contributed by atoms with van der Waals surface area (Å²) in [5.41, 5.74) is 3.01. The van der Waals surface area contributed by atoms with E-state index in [-0.39, 0.29) is 11.4 Å². The van der Waals surface area contributed by atoms with Gasteiger partial charge in [0, 0.05) is 26.2 Å². The highest BCUT2D eigenvalue weighted by Crippen LogP contribution is 2.36. The van der Waals surface area contributed by atoms with Crippen LogP contribution in [0.2, 0.25) is 0 Å². The van der Waals surface area contributed by atoms with E-state index >= 15 is 0 Å². The Bertz CT molecular complexity index is 575. The quantitative estimate of drug-likeness (QED) is 0.925. The monoisotopic (exact) mass is 329 g/mol. The number of nitrogens with one attached hydrogen (secondary N) is 1. The van der Waals surface area contributed by atoms with Gasteiger partial charge in [-0.05, 0) is 55.3 Å². The van der Waals surface area contributed by atoms with Gasteiger partial charge in [-0.3, -0.25) is 0 Å². The Kier molecular flexibility index (Phi) is 4.86. The number of urea groups is 1. The Labute approximate surface area is 146 Å². The standard InChI is InChI=1S/C20H31N3O/c1-15-13-22(3)10-9-18(15)23(4)19(24)21-14-20(2)11-16-7-5-6-8-17(16)12-20/h5-8,15,18H,9-14H2,1-4H3,(H,21,24)/t15-,18+/m1/s1. The van der Waals surface area contributed by atoms with Crippen molar-refractivity contribution < 1.29 is 4.79 Å². The Balaban J connectivity index is 1.54. The van der Waals surface area contributed by atoms with E-state index in [1.165, 1.54) is 11.1 Å². The zero-order valence-corrected chi connectivity index (χ0v) is 15.5. The summed E-state index contributed by atoms with van der Waals surface area (Å²) in [5.74, 6) is 0.519. The molecule has 0 spiro atoms. The van der Waals surface area contributed by atoms with Crippen LogP contribution >= 0.6 is 0 Å². The fraction of sp³-hybridized carbons (Fsp3) is 0.650. The van der Waals surface area contributed by atoms with E-state index in [0.29, 0.717) is 12.0 Å². The van der Waals surface area contributed by atoms with Gasteiger partial charge in [0.05, 0.1) is 0 Å². The number of benzene rings is 1. The molecule has 4 heteroatoms. The van der Waals surface area contributed by atoms with E-state index in [0.717, 1.165) is 38.9 Å². The molecule has 1 aliphatic heterocycles. The number of piperidine rings is 1. The lowest BCUT2D eigenvalue weighted by molar-refractivity contribution is 0.106. The molecule has 132 valence electrons. The molecule has 0 unspecified atom stereocenters. The van der Waals surface area contributed by atoms with Crippen molar-refractivity contribution in [2.45, 2.75) is 39.2 Å². The lowest BCUT2D eigenvalue weighted by atomic mass is 9.87. The van der Waals surface area contributed by atoms with Crippen molar-refractivity contribution in [1.82, 2.24) is 15.1 Å². The number of carbonyl (C=O) groups excluding carboxylic acids is 1. The minimum atomic E-state index is 0.0774. The molecule has 2 aliphatic rings. The summed E-state index contributed by atoms with van der Waals surface area (Å²) in [6.45, 7) is 7.41. The average molecular weight is 329 g/mol. The summed E-state index contributed by atoms with van der Waals surface area (Å²) in [7, 11) is 4.11. The van der Waals surface area contributed by atoms with E-state index in [1.807, 2.05) is 11.9 Å². The highest BCUT2D eigenvalue weighted by Gasteiger charge is 2.34. The van der Waals surface area contributed by atoms with Crippen molar-refractivity contribution in [2.24, 2.45) is 11.3 Å². The molecule has 0 bridgehead atoms. The van der Waals surface area contributed by atoms with Crippen molar-refractivity contribution in [2.75, 3.05) is 33.7 Å². The first-order valence-electron chi connectivity index (χ1n) is 9.14. The maximum atomic E-state index is 12.6. The van der Waals surface area contributed by atoms with E-state index in [9.17, 15) is 4.79 Å². The van der Waals surface area contributed by atoms with Gasteiger partial charge in [0.15, 0.2) is 0 Å². The molecule has 0 aromatic heterocycles. The summed E-state index contributed by atoms with van der Waals surface area (Å²) in [6, 6.07) is 9.07. The van der Waals surface area contributed by atoms with E-state index in [2.05, 4.69) is 55.4 Å². The molecule has 1 aromatic carbocycles. The van der Waals surface area contributed by atoms with Crippen LogP contribution in [0.1, 0.15) is 31.4 Å². The van der Waals surface area contributed by atoms with Crippen molar-refractivity contribution in [1.29, 1.82) is 0 Å². The zero-order valence-electron chi connectivity index (χ0n) is 15.5. The summed E-state index contributed by atoms with van der Waals surface area (Å²) < 4.78 is 0. The third kappa shape index (κ3) is 3.59. The molecule has 0 saturated carbocycles. The number of carbonyl (C=O) groups is 1. The average Bonchev–Trinajstić information content (AvgIpc) is 2.88. The van der Waals surface area contributed by atoms with Crippen LogP contribution in [0, 0.1) is 11.3 Å². The summed E-state index contributed by atoms with van der Waals surface area (Å²) in [4.78, 5) is 16.9. The number of hydrogen-bond acceptors (Lipinski definition) is 2. The second kappa shape index (κ2) is 6.75. The maximum Gasteiger partial charge on any atom is 0.317 e. The minimum Gasteiger partial charge on any atom is -0.337 e. The Morgan fingerprint density at radius 2 is 1.96 bits per heavy atom. The molecule has 0 radical (unpaired) electrons. The first-order valence-corrected chi connectivity index (χ1v) is 9.14. The van der Waals surface area contributed by atoms with Crippen LogP contribution < -0.4 is 5.32 Å². The molecule has 2 amide bonds. The molecule has 1 heterocycles. The molecule has 1 aliphatic carbocycles. The second-order valence-electron chi connectivity index (χ2n) is 8.30. The lowest BCUT2D eigenvalue weighted by Gasteiger charge is -2.40. The highest BCUT2D eigenvalue weighted by atomic mass is 16.2. The van der Waals surface area contributed by atoms with Crippen molar-refractivity contribution in [3.63, 3.8) is 0 Å². The smallest absolute Gasteiger partial charge is 0.317 e. The largest absolute Gasteiger partial charge is 0.337 e. The van der Waals surface area contributed by atoms with Crippen LogP contribution in [0.4, 0.5) is 4.79 Å². The van der Waals surface area contributed by atoms with E-state index in [1.54, 1.807) is 0 Å². The summed E-state index contributed by atoms with van der Waals surface area (Å²) >= 11 is 0. The minimum absolute atomic E-state index is 0.0774. The number of likely N-dealkylation sites (tertiary alicyclic amines) is 1. The van der Waals surface area contributed by atoms with Gasteiger partial charge in [-0.25, -0.2) is 4.79 Å². The topological polar surface area (TPSA) is 35.6 Å². The maximum absolute atomic E-state index is 12.6. The van der Waals surface area contributed by atoms with E-state index < -0.39 is 0 Å². The number of rotatable bonds is 3. The summed E-state index contributed by atoms with van der Waals surface area (Å²) in [5, 5.41) is 3.20. The van der Waals surface area contributed by atoms with Gasteiger partial charge in [0.2, 0.25) is 0 Å². The molecule has 1 saturated heterocycles. The lowest BCUT2D eigenvalue weighted by Crippen LogP contribution is -2.53. The van der Waals surface area contributed by atoms with Crippen LogP contribution in [0.3, 0.4) is 0 Å². The third-order valence-electron chi connectivity index (χ3n) is 5.90. The Hall–Kier alpha value is -1.55. The normalized spacial score (nSPS) is 26.0. The molecule has 1 aromatic rings. The first-order chi connectivity index (χ1) is 11.4. The van der Waals surface area contributed by atoms with Crippen LogP contribution in [0.25, 0.3) is 0 Å². The van der Waals surface area contributed by atoms with Crippen LogP contribution in [-0.4, -0.2) is 55.6 Å². The van der Waals surface area contributed by atoms with Gasteiger partial charge < -0.3 is 15.1 Å². The van der Waals surface area contributed by atoms with Gasteiger partial charge in [-0.1, -0.05) is 38.1 Å². The first kappa shape index (κ1) is 17.3. The van der Waals surface area contributed by atoms with Gasteiger partial charge in [0.25, 0.3) is 0 Å². The molecule has 1 fully saturated rings. The molecule has 2 atom stereocenters. The molecule has 24 heavy (non-hydrogen) atoms.